The van der Waals surface area contributed by atoms with Gasteiger partial charge < -0.3 is 14.2 Å². The molecule has 1 aliphatic heterocycles. The zero-order valence-electron chi connectivity index (χ0n) is 10.5. The van der Waals surface area contributed by atoms with Gasteiger partial charge in [-0.2, -0.15) is 0 Å². The van der Waals surface area contributed by atoms with Gasteiger partial charge in [0.1, 0.15) is 24.2 Å². The highest BCUT2D eigenvalue weighted by Gasteiger charge is 2.22. The lowest BCUT2D eigenvalue weighted by Gasteiger charge is -2.06. The van der Waals surface area contributed by atoms with Gasteiger partial charge in [-0.25, -0.2) is 4.79 Å². The van der Waals surface area contributed by atoms with Crippen LogP contribution < -0.4 is 9.47 Å². The molecule has 2 rings (SSSR count). The summed E-state index contributed by atoms with van der Waals surface area (Å²) in [6.07, 6.45) is 1.95. The van der Waals surface area contributed by atoms with Crippen molar-refractivity contribution in [2.24, 2.45) is 0 Å². The number of esters is 1. The van der Waals surface area contributed by atoms with Crippen LogP contribution >= 0.6 is 0 Å². The molecule has 18 heavy (non-hydrogen) atoms. The first-order valence-electron chi connectivity index (χ1n) is 5.88. The standard InChI is InChI=1S/C14H16O4/c1-3-10(2)14(15)18-12-6-4-11(5-7-12)16-8-13-9-17-13/h3-7,13H,8-9H2,1-2H3. The lowest BCUT2D eigenvalue weighted by molar-refractivity contribution is -0.130. The van der Waals surface area contributed by atoms with Crippen molar-refractivity contribution < 1.29 is 19.0 Å². The largest absolute Gasteiger partial charge is 0.491 e. The van der Waals surface area contributed by atoms with Crippen LogP contribution in [-0.4, -0.2) is 25.3 Å². The van der Waals surface area contributed by atoms with E-state index in [-0.39, 0.29) is 12.1 Å². The average Bonchev–Trinajstić information content (AvgIpc) is 3.21. The van der Waals surface area contributed by atoms with Crippen molar-refractivity contribution in [1.82, 2.24) is 0 Å². The highest BCUT2D eigenvalue weighted by atomic mass is 16.6. The van der Waals surface area contributed by atoms with Gasteiger partial charge in [-0.05, 0) is 38.1 Å². The molecule has 4 nitrogen and oxygen atoms in total. The maximum atomic E-state index is 11.5. The Morgan fingerprint density at radius 3 is 2.56 bits per heavy atom. The van der Waals surface area contributed by atoms with E-state index in [1.807, 2.05) is 0 Å². The second-order valence-electron chi connectivity index (χ2n) is 4.10. The van der Waals surface area contributed by atoms with E-state index >= 15 is 0 Å². The van der Waals surface area contributed by atoms with Crippen LogP contribution in [0.15, 0.2) is 35.9 Å². The fourth-order valence-electron chi connectivity index (χ4n) is 1.26. The molecule has 0 spiro atoms. The number of rotatable bonds is 5. The lowest BCUT2D eigenvalue weighted by Crippen LogP contribution is -2.09. The molecule has 0 saturated carbocycles. The fraction of sp³-hybridized carbons (Fsp3) is 0.357. The topological polar surface area (TPSA) is 48.1 Å². The number of benzene rings is 1. The van der Waals surface area contributed by atoms with Crippen LogP contribution in [0.1, 0.15) is 13.8 Å². The molecule has 1 fully saturated rings. The highest BCUT2D eigenvalue weighted by Crippen LogP contribution is 2.20. The van der Waals surface area contributed by atoms with E-state index in [4.69, 9.17) is 14.2 Å². The molecule has 1 unspecified atom stereocenters. The van der Waals surface area contributed by atoms with Crippen LogP contribution in [0.2, 0.25) is 0 Å². The van der Waals surface area contributed by atoms with Gasteiger partial charge in [-0.15, -0.1) is 0 Å². The number of carbonyl (C=O) groups is 1. The molecule has 1 aromatic rings. The predicted molar refractivity (Wildman–Crippen MR) is 66.7 cm³/mol. The van der Waals surface area contributed by atoms with Crippen LogP contribution in [0.3, 0.4) is 0 Å². The lowest BCUT2D eigenvalue weighted by atomic mass is 10.3. The fourth-order valence-corrected chi connectivity index (χ4v) is 1.26. The van der Waals surface area contributed by atoms with Crippen molar-refractivity contribution in [1.29, 1.82) is 0 Å². The molecule has 0 radical (unpaired) electrons. The van der Waals surface area contributed by atoms with E-state index in [0.717, 1.165) is 12.4 Å². The molecule has 0 bridgehead atoms. The molecule has 0 N–H and O–H groups in total. The SMILES string of the molecule is CC=C(C)C(=O)Oc1ccc(OCC2CO2)cc1. The van der Waals surface area contributed by atoms with Gasteiger partial charge in [0, 0.05) is 5.57 Å². The minimum atomic E-state index is -0.336. The summed E-state index contributed by atoms with van der Waals surface area (Å²) in [5, 5.41) is 0. The second-order valence-corrected chi connectivity index (χ2v) is 4.10. The Morgan fingerprint density at radius 1 is 1.39 bits per heavy atom. The van der Waals surface area contributed by atoms with Gasteiger partial charge in [0.15, 0.2) is 0 Å². The summed E-state index contributed by atoms with van der Waals surface area (Å²) in [7, 11) is 0. The molecule has 4 heteroatoms. The number of carbonyl (C=O) groups excluding carboxylic acids is 1. The predicted octanol–water partition coefficient (Wildman–Crippen LogP) is 2.34. The maximum absolute atomic E-state index is 11.5. The Balaban J connectivity index is 1.88. The number of hydrogen-bond acceptors (Lipinski definition) is 4. The van der Waals surface area contributed by atoms with Crippen LogP contribution in [0.4, 0.5) is 0 Å². The van der Waals surface area contributed by atoms with Gasteiger partial charge in [0.2, 0.25) is 0 Å². The molecule has 0 amide bonds. The Labute approximate surface area is 106 Å². The zero-order chi connectivity index (χ0) is 13.0. The van der Waals surface area contributed by atoms with Crippen molar-refractivity contribution in [2.75, 3.05) is 13.2 Å². The first-order valence-corrected chi connectivity index (χ1v) is 5.88. The molecule has 1 heterocycles. The minimum Gasteiger partial charge on any atom is -0.491 e. The number of hydrogen-bond donors (Lipinski definition) is 0. The summed E-state index contributed by atoms with van der Waals surface area (Å²) >= 11 is 0. The molecule has 1 aliphatic rings. The Hall–Kier alpha value is -1.81. The average molecular weight is 248 g/mol. The van der Waals surface area contributed by atoms with Crippen LogP contribution in [-0.2, 0) is 9.53 Å². The van der Waals surface area contributed by atoms with Crippen molar-refractivity contribution in [2.45, 2.75) is 20.0 Å². The monoisotopic (exact) mass is 248 g/mol. The summed E-state index contributed by atoms with van der Waals surface area (Å²) < 4.78 is 15.7. The Bertz CT molecular complexity index is 443. The number of ether oxygens (including phenoxy) is 3. The van der Waals surface area contributed by atoms with E-state index in [2.05, 4.69) is 0 Å². The van der Waals surface area contributed by atoms with Gasteiger partial charge in [-0.1, -0.05) is 6.08 Å². The minimum absolute atomic E-state index is 0.236. The van der Waals surface area contributed by atoms with Crippen LogP contribution in [0.5, 0.6) is 11.5 Å². The summed E-state index contributed by atoms with van der Waals surface area (Å²) in [5.74, 6) is 0.918. The van der Waals surface area contributed by atoms with E-state index in [1.54, 1.807) is 44.2 Å². The second kappa shape index (κ2) is 5.69. The summed E-state index contributed by atoms with van der Waals surface area (Å²) in [6, 6.07) is 6.97. The normalized spacial score (nSPS) is 18.3. The molecular formula is C14H16O4. The van der Waals surface area contributed by atoms with E-state index in [1.165, 1.54) is 0 Å². The quantitative estimate of drug-likeness (QED) is 0.347. The molecule has 1 aromatic carbocycles. The summed E-state index contributed by atoms with van der Waals surface area (Å²) in [4.78, 5) is 11.5. The molecule has 0 aliphatic carbocycles. The molecule has 1 atom stereocenters. The van der Waals surface area contributed by atoms with E-state index in [0.29, 0.717) is 17.9 Å². The van der Waals surface area contributed by atoms with Crippen LogP contribution in [0, 0.1) is 0 Å². The van der Waals surface area contributed by atoms with E-state index < -0.39 is 0 Å². The summed E-state index contributed by atoms with van der Waals surface area (Å²) in [5.41, 5.74) is 0.584. The molecule has 96 valence electrons. The van der Waals surface area contributed by atoms with Gasteiger partial charge >= 0.3 is 5.97 Å². The van der Waals surface area contributed by atoms with Crippen LogP contribution in [0.25, 0.3) is 0 Å². The number of epoxide rings is 1. The number of allylic oxidation sites excluding steroid dienone is 1. The van der Waals surface area contributed by atoms with Gasteiger partial charge in [-0.3, -0.25) is 0 Å². The molecular weight excluding hydrogens is 232 g/mol. The summed E-state index contributed by atoms with van der Waals surface area (Å²) in [6.45, 7) is 4.86. The third kappa shape index (κ3) is 3.60. The first kappa shape index (κ1) is 12.6. The maximum Gasteiger partial charge on any atom is 0.338 e. The zero-order valence-corrected chi connectivity index (χ0v) is 10.5. The third-order valence-corrected chi connectivity index (χ3v) is 2.63. The molecule has 1 saturated heterocycles. The van der Waals surface area contributed by atoms with Gasteiger partial charge in [0.05, 0.1) is 6.61 Å². The van der Waals surface area contributed by atoms with Crippen molar-refractivity contribution in [3.05, 3.63) is 35.9 Å². The molecule has 0 aromatic heterocycles. The van der Waals surface area contributed by atoms with Gasteiger partial charge in [0.25, 0.3) is 0 Å². The van der Waals surface area contributed by atoms with Crippen molar-refractivity contribution in [3.8, 4) is 11.5 Å². The first-order chi connectivity index (χ1) is 8.69. The van der Waals surface area contributed by atoms with E-state index in [9.17, 15) is 4.79 Å². The smallest absolute Gasteiger partial charge is 0.338 e. The Kier molecular flexibility index (Phi) is 3.99. The van der Waals surface area contributed by atoms with Crippen molar-refractivity contribution in [3.63, 3.8) is 0 Å². The Morgan fingerprint density at radius 2 is 2.00 bits per heavy atom. The van der Waals surface area contributed by atoms with Crippen molar-refractivity contribution >= 4 is 5.97 Å². The highest BCUT2D eigenvalue weighted by molar-refractivity contribution is 5.89. The third-order valence-electron chi connectivity index (χ3n) is 2.63.